The molecule has 0 unspecified atom stereocenters. The van der Waals surface area contributed by atoms with E-state index in [4.69, 9.17) is 0 Å². The van der Waals surface area contributed by atoms with Crippen LogP contribution in [0.4, 0.5) is 0 Å². The maximum Gasteiger partial charge on any atom is 0.0641 e. The van der Waals surface area contributed by atoms with Crippen molar-refractivity contribution in [2.75, 3.05) is 0 Å². The van der Waals surface area contributed by atoms with Crippen LogP contribution >= 0.6 is 34.0 Å². The number of hydrogen-bond acceptors (Lipinski definition) is 3. The molecule has 0 bridgehead atoms. The number of nitrogens with zero attached hydrogens (tertiary/aromatic N) is 6. The summed E-state index contributed by atoms with van der Waals surface area (Å²) in [7, 11) is 0. The molecule has 0 saturated heterocycles. The molecule has 0 aliphatic heterocycles. The zero-order valence-corrected chi connectivity index (χ0v) is 82.0. The highest BCUT2D eigenvalue weighted by Gasteiger charge is 2.28. The molecule has 32 rings (SSSR count). The third-order valence-electron chi connectivity index (χ3n) is 30.4. The lowest BCUT2D eigenvalue weighted by Gasteiger charge is -2.12. The summed E-state index contributed by atoms with van der Waals surface area (Å²) in [6.07, 6.45) is 0. The van der Waals surface area contributed by atoms with Gasteiger partial charge >= 0.3 is 0 Å². The maximum absolute atomic E-state index is 2.48. The van der Waals surface area contributed by atoms with Crippen molar-refractivity contribution in [1.82, 2.24) is 27.4 Å². The van der Waals surface area contributed by atoms with Crippen LogP contribution in [0.25, 0.3) is 281 Å². The normalized spacial score (nSPS) is 11.9. The predicted molar refractivity (Wildman–Crippen MR) is 631 cm³/mol. The highest BCUT2D eigenvalue weighted by Crippen LogP contribution is 2.51. The van der Waals surface area contributed by atoms with Crippen LogP contribution < -0.4 is 0 Å². The van der Waals surface area contributed by atoms with Crippen molar-refractivity contribution in [3.63, 3.8) is 0 Å². The first-order chi connectivity index (χ1) is 73.0. The highest BCUT2D eigenvalue weighted by molar-refractivity contribution is 7.27. The standard InChI is InChI=1S/2C48H30N2S.C42H26N2S/c1-2-12-31(13-3-1)33-14-10-15-35(30-33)50-42-21-7-4-16-37(42)39-28-29-44-46(47(39)50)41-18-5-8-22-43(41)49(44)34-26-24-32(25-27-34)36-19-11-20-40-38-17-6-9-23-45(38)51-48(36)40;1-2-11-31(12-3-1)32-21-25-35(26-22-32)50-42-18-7-4-13-37(42)39-29-30-44-46(47(39)50)41-15-5-8-19-43(41)49(44)34-27-23-33(24-28-34)36-16-10-17-40-38-14-6-9-20-45(38)51-48(36)40;1-2-11-28(12-3-1)44-36-18-7-4-13-31(36)33-25-26-38-40(41(33)44)35-15-5-8-19-37(35)43(38)29-23-21-27(22-24-29)30-16-10-17-34-32-14-6-9-20-39(32)45-42(30)34/h2*1-30H;1-26H. The van der Waals surface area contributed by atoms with E-state index in [0.29, 0.717) is 0 Å². The summed E-state index contributed by atoms with van der Waals surface area (Å²) >= 11 is 5.65. The number of thiophene rings is 3. The molecule has 6 nitrogen and oxygen atoms in total. The van der Waals surface area contributed by atoms with Crippen molar-refractivity contribution in [3.8, 4) is 89.8 Å². The van der Waals surface area contributed by atoms with E-state index in [1.54, 1.807) is 0 Å². The molecule has 32 aromatic rings. The van der Waals surface area contributed by atoms with Crippen molar-refractivity contribution in [1.29, 1.82) is 0 Å². The Hall–Kier alpha value is -18.5. The van der Waals surface area contributed by atoms with Gasteiger partial charge in [-0.1, -0.05) is 376 Å². The lowest BCUT2D eigenvalue weighted by Crippen LogP contribution is -1.96. The van der Waals surface area contributed by atoms with Gasteiger partial charge in [0.1, 0.15) is 0 Å². The van der Waals surface area contributed by atoms with E-state index in [-0.39, 0.29) is 0 Å². The number of rotatable bonds is 11. The van der Waals surface area contributed by atoms with Gasteiger partial charge in [-0.25, -0.2) is 0 Å². The lowest BCUT2D eigenvalue weighted by molar-refractivity contribution is 1.17. The fourth-order valence-electron chi connectivity index (χ4n) is 23.9. The first-order valence-electron chi connectivity index (χ1n) is 50.2. The van der Waals surface area contributed by atoms with Gasteiger partial charge in [-0.2, -0.15) is 0 Å². The number of para-hydroxylation sites is 7. The van der Waals surface area contributed by atoms with Gasteiger partial charge in [-0.3, -0.25) is 0 Å². The molecule has 147 heavy (non-hydrogen) atoms. The second-order valence-electron chi connectivity index (χ2n) is 38.3. The van der Waals surface area contributed by atoms with Gasteiger partial charge in [-0.05, 0) is 201 Å². The fraction of sp³-hybridized carbons (Fsp3) is 0. The molecule has 0 fully saturated rings. The predicted octanol–water partition coefficient (Wildman–Crippen LogP) is 39.1. The highest BCUT2D eigenvalue weighted by atomic mass is 32.1. The summed E-state index contributed by atoms with van der Waals surface area (Å²) in [6.45, 7) is 0. The van der Waals surface area contributed by atoms with Crippen LogP contribution in [0.3, 0.4) is 0 Å². The summed E-state index contributed by atoms with van der Waals surface area (Å²) in [5, 5.41) is 23.2. The van der Waals surface area contributed by atoms with Crippen LogP contribution in [0.5, 0.6) is 0 Å². The van der Waals surface area contributed by atoms with Crippen LogP contribution in [-0.2, 0) is 0 Å². The number of hydrogen-bond donors (Lipinski definition) is 0. The smallest absolute Gasteiger partial charge is 0.0641 e. The van der Waals surface area contributed by atoms with Gasteiger partial charge in [0.25, 0.3) is 0 Å². The second-order valence-corrected chi connectivity index (χ2v) is 41.5. The molecule has 0 aliphatic carbocycles. The minimum Gasteiger partial charge on any atom is -0.309 e. The zero-order chi connectivity index (χ0) is 96.4. The van der Waals surface area contributed by atoms with Gasteiger partial charge < -0.3 is 27.4 Å². The Bertz CT molecular complexity index is 10900. The molecule has 0 aliphatic rings. The summed E-state index contributed by atoms with van der Waals surface area (Å²) in [6, 6.07) is 191. The molecule has 23 aromatic carbocycles. The molecular formula is C138H86N6S3. The van der Waals surface area contributed by atoms with Crippen LogP contribution in [-0.4, -0.2) is 27.4 Å². The monoisotopic (exact) mass is 1920 g/mol. The molecule has 0 atom stereocenters. The SMILES string of the molecule is c1ccc(-c2ccc(-n3c4ccccc4c4ccc5c(c6ccccc6n5-c5ccc(-c6cccc7c6sc6ccccc67)cc5)c43)cc2)cc1.c1ccc(-c2cccc(-n3c4ccccc4c4ccc5c(c6ccccc6n5-c5ccc(-c6cccc7c6sc6ccccc67)cc5)c43)c2)cc1.c1ccc(-n2c3ccccc3c3ccc4c(c5ccccc5n4-c4ccc(-c5cccc6c5sc5ccccc56)cc4)c32)cc1. The zero-order valence-electron chi connectivity index (χ0n) is 79.6. The van der Waals surface area contributed by atoms with E-state index >= 15 is 0 Å². The number of benzene rings is 23. The molecule has 9 aromatic heterocycles. The van der Waals surface area contributed by atoms with E-state index in [9.17, 15) is 0 Å². The summed E-state index contributed by atoms with van der Waals surface area (Å²) in [4.78, 5) is 0. The third-order valence-corrected chi connectivity index (χ3v) is 34.1. The van der Waals surface area contributed by atoms with Crippen molar-refractivity contribution >= 4 is 225 Å². The Kier molecular flexibility index (Phi) is 19.6. The van der Waals surface area contributed by atoms with Crippen LogP contribution in [0.1, 0.15) is 0 Å². The molecule has 0 radical (unpaired) electrons. The van der Waals surface area contributed by atoms with E-state index in [1.807, 2.05) is 34.0 Å². The van der Waals surface area contributed by atoms with Crippen LogP contribution in [0, 0.1) is 0 Å². The number of aromatic nitrogens is 6. The van der Waals surface area contributed by atoms with Crippen LogP contribution in [0.2, 0.25) is 0 Å². The summed E-state index contributed by atoms with van der Waals surface area (Å²) in [5.41, 5.74) is 34.0. The molecule has 0 saturated carbocycles. The van der Waals surface area contributed by atoms with E-state index in [2.05, 4.69) is 549 Å². The Morgan fingerprint density at radius 3 is 0.701 bits per heavy atom. The van der Waals surface area contributed by atoms with E-state index in [1.165, 1.54) is 253 Å². The van der Waals surface area contributed by atoms with E-state index in [0.717, 1.165) is 28.4 Å². The third kappa shape index (κ3) is 13.4. The second kappa shape index (κ2) is 34.1. The summed E-state index contributed by atoms with van der Waals surface area (Å²) < 4.78 is 22.7. The molecule has 0 spiro atoms. The topological polar surface area (TPSA) is 29.6 Å². The van der Waals surface area contributed by atoms with Crippen molar-refractivity contribution in [3.05, 3.63) is 522 Å². The van der Waals surface area contributed by atoms with Gasteiger partial charge in [0.05, 0.1) is 66.2 Å². The average Bonchev–Trinajstić information content (AvgIpc) is 1.55. The maximum atomic E-state index is 2.48. The van der Waals surface area contributed by atoms with Gasteiger partial charge in [0.2, 0.25) is 0 Å². The molecule has 0 amide bonds. The molecule has 686 valence electrons. The fourth-order valence-corrected chi connectivity index (χ4v) is 27.6. The Labute approximate surface area is 857 Å². The average molecular weight is 1920 g/mol. The summed E-state index contributed by atoms with van der Waals surface area (Å²) in [5.74, 6) is 0. The Morgan fingerprint density at radius 2 is 0.354 bits per heavy atom. The first kappa shape index (κ1) is 84.2. The number of fused-ring (bicyclic) bond motifs is 30. The largest absolute Gasteiger partial charge is 0.309 e. The first-order valence-corrected chi connectivity index (χ1v) is 52.7. The Morgan fingerprint density at radius 1 is 0.122 bits per heavy atom. The van der Waals surface area contributed by atoms with Crippen molar-refractivity contribution in [2.45, 2.75) is 0 Å². The van der Waals surface area contributed by atoms with E-state index < -0.39 is 0 Å². The van der Waals surface area contributed by atoms with Crippen molar-refractivity contribution < 1.29 is 0 Å². The van der Waals surface area contributed by atoms with Gasteiger partial charge in [-0.15, -0.1) is 34.0 Å². The molecular weight excluding hydrogens is 1840 g/mol. The van der Waals surface area contributed by atoms with Crippen LogP contribution in [0.15, 0.2) is 522 Å². The molecule has 9 heteroatoms. The Balaban J connectivity index is 0.000000102. The quantitative estimate of drug-likeness (QED) is 0.124. The lowest BCUT2D eigenvalue weighted by atomic mass is 10.0. The molecule has 0 N–H and O–H groups in total. The van der Waals surface area contributed by atoms with Gasteiger partial charge in [0, 0.05) is 159 Å². The molecule has 9 heterocycles. The van der Waals surface area contributed by atoms with Crippen molar-refractivity contribution in [2.24, 2.45) is 0 Å². The minimum atomic E-state index is 1.15. The van der Waals surface area contributed by atoms with Gasteiger partial charge in [0.15, 0.2) is 0 Å². The minimum absolute atomic E-state index is 1.15.